The van der Waals surface area contributed by atoms with Crippen molar-refractivity contribution in [1.82, 2.24) is 10.3 Å². The van der Waals surface area contributed by atoms with Crippen LogP contribution in [0.25, 0.3) is 11.3 Å². The first-order chi connectivity index (χ1) is 18.4. The van der Waals surface area contributed by atoms with Crippen LogP contribution in [0.15, 0.2) is 83.4 Å². The van der Waals surface area contributed by atoms with Crippen molar-refractivity contribution in [2.45, 2.75) is 19.0 Å². The van der Waals surface area contributed by atoms with E-state index in [4.69, 9.17) is 21.4 Å². The molecule has 11 heteroatoms. The first-order valence-electron chi connectivity index (χ1n) is 11.7. The number of rotatable bonds is 7. The zero-order chi connectivity index (χ0) is 26.8. The van der Waals surface area contributed by atoms with E-state index in [0.29, 0.717) is 39.3 Å². The van der Waals surface area contributed by atoms with Gasteiger partial charge in [0, 0.05) is 24.9 Å². The molecule has 1 saturated heterocycles. The standard InChI is InChI=1S/C27H23N5O5S/c1-16(33)29-20-15-17(10-11-23(20)36-2)31-26(25(30-27(31)38)19-8-5-6-14-28-19)24-13-12-22(37-24)18-7-3-4-9-21(18)32(34)35/h3-15,25-26H,1-2H3,(H,29,33)(H,30,38)/t25-,26-/m0/s1. The lowest BCUT2D eigenvalue weighted by Gasteiger charge is -2.27. The Morgan fingerprint density at radius 2 is 1.95 bits per heavy atom. The van der Waals surface area contributed by atoms with E-state index in [1.165, 1.54) is 20.1 Å². The van der Waals surface area contributed by atoms with Gasteiger partial charge in [-0.2, -0.15) is 0 Å². The maximum atomic E-state index is 11.8. The third kappa shape index (κ3) is 4.66. The van der Waals surface area contributed by atoms with E-state index < -0.39 is 11.0 Å². The predicted octanol–water partition coefficient (Wildman–Crippen LogP) is 5.39. The number of carbonyl (C=O) groups excluding carboxylic acids is 1. The molecule has 1 aliphatic rings. The Labute approximate surface area is 223 Å². The third-order valence-corrected chi connectivity index (χ3v) is 6.47. The van der Waals surface area contributed by atoms with Crippen molar-refractivity contribution in [1.29, 1.82) is 0 Å². The molecule has 2 atom stereocenters. The van der Waals surface area contributed by atoms with Crippen LogP contribution in [0.1, 0.15) is 30.5 Å². The second kappa shape index (κ2) is 10.3. The van der Waals surface area contributed by atoms with E-state index in [2.05, 4.69) is 15.6 Å². The van der Waals surface area contributed by atoms with Gasteiger partial charge in [0.1, 0.15) is 23.3 Å². The van der Waals surface area contributed by atoms with E-state index in [9.17, 15) is 14.9 Å². The number of nitrogens with one attached hydrogen (secondary N) is 2. The van der Waals surface area contributed by atoms with Crippen LogP contribution >= 0.6 is 12.2 Å². The lowest BCUT2D eigenvalue weighted by atomic mass is 10.0. The quantitative estimate of drug-likeness (QED) is 0.184. The van der Waals surface area contributed by atoms with E-state index in [0.717, 1.165) is 5.69 Å². The number of hydrogen-bond acceptors (Lipinski definition) is 7. The molecule has 0 bridgehead atoms. The number of anilines is 2. The van der Waals surface area contributed by atoms with Crippen LogP contribution in [0.5, 0.6) is 5.75 Å². The summed E-state index contributed by atoms with van der Waals surface area (Å²) in [6, 6.07) is 20.0. The molecule has 3 heterocycles. The number of furan rings is 1. The van der Waals surface area contributed by atoms with Gasteiger partial charge in [0.05, 0.1) is 35.0 Å². The number of aromatic nitrogens is 1. The van der Waals surface area contributed by atoms with Crippen molar-refractivity contribution in [2.24, 2.45) is 0 Å². The Bertz CT molecular complexity index is 1520. The lowest BCUT2D eigenvalue weighted by Crippen LogP contribution is -2.29. The number of nitro benzene ring substituents is 1. The van der Waals surface area contributed by atoms with Gasteiger partial charge in [-0.3, -0.25) is 19.9 Å². The summed E-state index contributed by atoms with van der Waals surface area (Å²) in [6.07, 6.45) is 1.70. The lowest BCUT2D eigenvalue weighted by molar-refractivity contribution is -0.384. The monoisotopic (exact) mass is 529 g/mol. The molecule has 0 saturated carbocycles. The van der Waals surface area contributed by atoms with Gasteiger partial charge in [0.15, 0.2) is 5.11 Å². The van der Waals surface area contributed by atoms with Crippen molar-refractivity contribution in [3.63, 3.8) is 0 Å². The third-order valence-electron chi connectivity index (χ3n) is 6.15. The normalized spacial score (nSPS) is 16.7. The molecular formula is C27H23N5O5S. The number of amides is 1. The Morgan fingerprint density at radius 1 is 1.16 bits per heavy atom. The molecule has 1 amide bonds. The molecule has 1 aliphatic heterocycles. The van der Waals surface area contributed by atoms with Crippen LogP contribution in [0.3, 0.4) is 0 Å². The number of ether oxygens (including phenoxy) is 1. The highest BCUT2D eigenvalue weighted by Gasteiger charge is 2.43. The predicted molar refractivity (Wildman–Crippen MR) is 146 cm³/mol. The highest BCUT2D eigenvalue weighted by molar-refractivity contribution is 7.80. The topological polar surface area (TPSA) is 123 Å². The second-order valence-electron chi connectivity index (χ2n) is 8.54. The Hall–Kier alpha value is -4.77. The van der Waals surface area contributed by atoms with Crippen molar-refractivity contribution in [3.8, 4) is 17.1 Å². The van der Waals surface area contributed by atoms with E-state index in [1.54, 1.807) is 48.7 Å². The van der Waals surface area contributed by atoms with Gasteiger partial charge in [0.25, 0.3) is 5.69 Å². The summed E-state index contributed by atoms with van der Waals surface area (Å²) in [5.74, 6) is 1.14. The Morgan fingerprint density at radius 3 is 2.66 bits per heavy atom. The zero-order valence-corrected chi connectivity index (χ0v) is 21.3. The maximum Gasteiger partial charge on any atom is 0.280 e. The largest absolute Gasteiger partial charge is 0.495 e. The fraction of sp³-hybridized carbons (Fsp3) is 0.148. The first-order valence-corrected chi connectivity index (χ1v) is 12.1. The molecule has 5 rings (SSSR count). The maximum absolute atomic E-state index is 11.8. The highest BCUT2D eigenvalue weighted by atomic mass is 32.1. The number of methoxy groups -OCH3 is 1. The fourth-order valence-corrected chi connectivity index (χ4v) is 4.90. The smallest absolute Gasteiger partial charge is 0.280 e. The van der Waals surface area contributed by atoms with Gasteiger partial charge >= 0.3 is 0 Å². The number of carbonyl (C=O) groups is 1. The molecule has 0 spiro atoms. The van der Waals surface area contributed by atoms with Gasteiger partial charge < -0.3 is 24.7 Å². The number of hydrogen-bond donors (Lipinski definition) is 2. The summed E-state index contributed by atoms with van der Waals surface area (Å²) >= 11 is 5.76. The van der Waals surface area contributed by atoms with Crippen molar-refractivity contribution in [3.05, 3.63) is 101 Å². The molecule has 1 fully saturated rings. The number of nitrogens with zero attached hydrogens (tertiary/aromatic N) is 3. The molecule has 38 heavy (non-hydrogen) atoms. The average molecular weight is 530 g/mol. The van der Waals surface area contributed by atoms with E-state index in [1.807, 2.05) is 29.2 Å². The zero-order valence-electron chi connectivity index (χ0n) is 20.5. The SMILES string of the molecule is COc1ccc(N2C(=S)N[C@@H](c3ccccn3)[C@@H]2c2ccc(-c3ccccc3[N+](=O)[O-])o2)cc1NC(C)=O. The van der Waals surface area contributed by atoms with Crippen LogP contribution in [0, 0.1) is 10.1 Å². The van der Waals surface area contributed by atoms with Crippen LogP contribution in [-0.4, -0.2) is 28.0 Å². The summed E-state index contributed by atoms with van der Waals surface area (Å²) in [5.41, 5.74) is 2.22. The molecule has 0 aliphatic carbocycles. The summed E-state index contributed by atoms with van der Waals surface area (Å²) in [4.78, 5) is 29.4. The Balaban J connectivity index is 1.62. The van der Waals surface area contributed by atoms with Gasteiger partial charge in [-0.05, 0) is 60.7 Å². The summed E-state index contributed by atoms with van der Waals surface area (Å²) < 4.78 is 11.7. The summed E-state index contributed by atoms with van der Waals surface area (Å²) in [7, 11) is 1.52. The molecular weight excluding hydrogens is 506 g/mol. The van der Waals surface area contributed by atoms with Crippen molar-refractivity contribution in [2.75, 3.05) is 17.3 Å². The molecule has 0 unspecified atom stereocenters. The second-order valence-corrected chi connectivity index (χ2v) is 8.93. The van der Waals surface area contributed by atoms with Crippen molar-refractivity contribution >= 4 is 40.3 Å². The molecule has 192 valence electrons. The molecule has 10 nitrogen and oxygen atoms in total. The molecule has 2 N–H and O–H groups in total. The summed E-state index contributed by atoms with van der Waals surface area (Å²) in [6.45, 7) is 1.42. The minimum Gasteiger partial charge on any atom is -0.495 e. The van der Waals surface area contributed by atoms with E-state index in [-0.39, 0.29) is 17.6 Å². The van der Waals surface area contributed by atoms with Crippen LogP contribution in [-0.2, 0) is 4.79 Å². The van der Waals surface area contributed by atoms with Crippen LogP contribution in [0.4, 0.5) is 17.1 Å². The minimum absolute atomic E-state index is 0.0540. The average Bonchev–Trinajstić information content (AvgIpc) is 3.53. The Kier molecular flexibility index (Phi) is 6.75. The molecule has 4 aromatic rings. The van der Waals surface area contributed by atoms with E-state index >= 15 is 0 Å². The summed E-state index contributed by atoms with van der Waals surface area (Å²) in [5, 5.41) is 18.2. The number of nitro groups is 1. The first kappa shape index (κ1) is 24.9. The van der Waals surface area contributed by atoms with Crippen LogP contribution < -0.4 is 20.3 Å². The van der Waals surface area contributed by atoms with Crippen molar-refractivity contribution < 1.29 is 18.9 Å². The minimum atomic E-state index is -0.493. The van der Waals surface area contributed by atoms with Gasteiger partial charge in [-0.15, -0.1) is 0 Å². The fourth-order valence-electron chi connectivity index (χ4n) is 4.55. The number of pyridine rings is 1. The number of para-hydroxylation sites is 1. The molecule has 0 radical (unpaired) electrons. The van der Waals surface area contributed by atoms with Gasteiger partial charge in [0.2, 0.25) is 5.91 Å². The number of thiocarbonyl (C=S) groups is 1. The van der Waals surface area contributed by atoms with Gasteiger partial charge in [-0.1, -0.05) is 18.2 Å². The van der Waals surface area contributed by atoms with Crippen LogP contribution in [0.2, 0.25) is 0 Å². The highest BCUT2D eigenvalue weighted by Crippen LogP contribution is 2.44. The molecule has 2 aromatic carbocycles. The molecule has 2 aromatic heterocycles. The van der Waals surface area contributed by atoms with Gasteiger partial charge in [-0.25, -0.2) is 0 Å². The number of benzene rings is 2.